The van der Waals surface area contributed by atoms with E-state index in [4.69, 9.17) is 11.6 Å². The first-order valence-electron chi connectivity index (χ1n) is 13.1. The number of alkyl halides is 5. The van der Waals surface area contributed by atoms with E-state index in [2.05, 4.69) is 10.7 Å². The fourth-order valence-electron chi connectivity index (χ4n) is 6.17. The maximum atomic E-state index is 13.9. The van der Waals surface area contributed by atoms with Gasteiger partial charge in [0, 0.05) is 12.1 Å². The van der Waals surface area contributed by atoms with Gasteiger partial charge in [-0.1, -0.05) is 46.2 Å². The molecule has 0 aromatic carbocycles. The van der Waals surface area contributed by atoms with Crippen molar-refractivity contribution in [3.8, 4) is 0 Å². The number of hydrogen-bond acceptors (Lipinski definition) is 5. The number of piperidine rings is 1. The van der Waals surface area contributed by atoms with Gasteiger partial charge in [0.1, 0.15) is 12.1 Å². The van der Waals surface area contributed by atoms with Crippen molar-refractivity contribution in [2.24, 2.45) is 28.6 Å². The maximum absolute atomic E-state index is 13.9. The summed E-state index contributed by atoms with van der Waals surface area (Å²) in [4.78, 5) is 65.2. The maximum Gasteiger partial charge on any atom is 0.471 e. The molecule has 2 saturated carbocycles. The van der Waals surface area contributed by atoms with E-state index in [1.807, 2.05) is 13.8 Å². The summed E-state index contributed by atoms with van der Waals surface area (Å²) >= 11 is 5.39. The van der Waals surface area contributed by atoms with Gasteiger partial charge in [-0.15, -0.1) is 0 Å². The summed E-state index contributed by atoms with van der Waals surface area (Å²) in [6, 6.07) is -2.85. The molecule has 2 unspecified atom stereocenters. The Bertz CT molecular complexity index is 1120. The average molecular weight is 596 g/mol. The summed E-state index contributed by atoms with van der Waals surface area (Å²) in [6.07, 6.45) is -3.29. The zero-order valence-electron chi connectivity index (χ0n) is 22.8. The van der Waals surface area contributed by atoms with Crippen LogP contribution in [-0.4, -0.2) is 82.0 Å². The molecule has 6 atom stereocenters. The number of halogens is 5. The van der Waals surface area contributed by atoms with Gasteiger partial charge in [-0.2, -0.15) is 13.2 Å². The smallest absolute Gasteiger partial charge is 0.350 e. The molecule has 2 heterocycles. The van der Waals surface area contributed by atoms with Crippen molar-refractivity contribution < 1.29 is 41.5 Å². The lowest BCUT2D eigenvalue weighted by molar-refractivity contribution is -0.176. The van der Waals surface area contributed by atoms with Crippen LogP contribution in [0.4, 0.5) is 17.6 Å². The molecular weight excluding hydrogens is 562 g/mol. The molecule has 15 heteroatoms. The molecule has 0 aromatic rings. The summed E-state index contributed by atoms with van der Waals surface area (Å²) in [6.45, 7) is 7.85. The van der Waals surface area contributed by atoms with Crippen LogP contribution in [0, 0.1) is 28.6 Å². The lowest BCUT2D eigenvalue weighted by Gasteiger charge is -2.38. The third kappa shape index (κ3) is 5.60. The van der Waals surface area contributed by atoms with Gasteiger partial charge in [-0.25, -0.2) is 9.40 Å². The molecule has 2 aliphatic carbocycles. The van der Waals surface area contributed by atoms with Crippen LogP contribution in [0.2, 0.25) is 0 Å². The van der Waals surface area contributed by atoms with Crippen molar-refractivity contribution in [1.82, 2.24) is 26.0 Å². The van der Waals surface area contributed by atoms with Gasteiger partial charge in [-0.05, 0) is 41.9 Å². The van der Waals surface area contributed by atoms with Crippen molar-refractivity contribution >= 4 is 41.1 Å². The molecule has 4 fully saturated rings. The van der Waals surface area contributed by atoms with Gasteiger partial charge in [0.15, 0.2) is 0 Å². The Morgan fingerprint density at radius 3 is 2.25 bits per heavy atom. The van der Waals surface area contributed by atoms with E-state index in [-0.39, 0.29) is 30.5 Å². The summed E-state index contributed by atoms with van der Waals surface area (Å²) in [5.41, 5.74) is -2.09. The molecule has 40 heavy (non-hydrogen) atoms. The molecule has 1 spiro atoms. The number of carbonyl (C=O) groups excluding carboxylic acids is 5. The topological polar surface area (TPSA) is 128 Å². The molecule has 0 aromatic heterocycles. The first-order chi connectivity index (χ1) is 18.2. The van der Waals surface area contributed by atoms with Gasteiger partial charge in [0.2, 0.25) is 11.8 Å². The van der Waals surface area contributed by atoms with Crippen LogP contribution in [0.25, 0.3) is 0 Å². The Balaban J connectivity index is 1.57. The molecule has 5 amide bonds. The Kier molecular flexibility index (Phi) is 7.37. The fraction of sp³-hybridized carbons (Fsp3) is 0.800. The highest BCUT2D eigenvalue weighted by Crippen LogP contribution is 2.65. The Morgan fingerprint density at radius 1 is 1.18 bits per heavy atom. The molecule has 2 saturated heterocycles. The van der Waals surface area contributed by atoms with Crippen LogP contribution in [-0.2, 0) is 24.0 Å². The minimum Gasteiger partial charge on any atom is -0.350 e. The van der Waals surface area contributed by atoms with Crippen molar-refractivity contribution in [3.63, 3.8) is 0 Å². The van der Waals surface area contributed by atoms with E-state index >= 15 is 0 Å². The fourth-order valence-corrected chi connectivity index (χ4v) is 6.29. The number of likely N-dealkylation sites (tertiary alicyclic amines) is 1. The van der Waals surface area contributed by atoms with Gasteiger partial charge < -0.3 is 15.5 Å². The first kappa shape index (κ1) is 30.3. The van der Waals surface area contributed by atoms with Crippen LogP contribution in [0.1, 0.15) is 53.9 Å². The van der Waals surface area contributed by atoms with Gasteiger partial charge >= 0.3 is 12.1 Å². The predicted octanol–water partition coefficient (Wildman–Crippen LogP) is 1.63. The summed E-state index contributed by atoms with van der Waals surface area (Å²) in [5, 5.41) is 5.26. The van der Waals surface area contributed by atoms with Gasteiger partial charge in [-0.3, -0.25) is 29.4 Å². The Hall–Kier alpha value is -2.64. The van der Waals surface area contributed by atoms with Crippen LogP contribution in [0.5, 0.6) is 0 Å². The van der Waals surface area contributed by atoms with E-state index in [0.29, 0.717) is 11.4 Å². The molecule has 3 N–H and O–H groups in total. The molecule has 4 aliphatic rings. The summed E-state index contributed by atoms with van der Waals surface area (Å²) < 4.78 is 53.0. The second-order valence-electron chi connectivity index (χ2n) is 13.1. The third-order valence-electron chi connectivity index (χ3n) is 8.76. The first-order valence-corrected chi connectivity index (χ1v) is 13.5. The second-order valence-corrected chi connectivity index (χ2v) is 13.4. The van der Waals surface area contributed by atoms with Crippen LogP contribution in [0.3, 0.4) is 0 Å². The number of hydrogen-bond donors (Lipinski definition) is 3. The highest BCUT2D eigenvalue weighted by molar-refractivity contribution is 6.29. The highest BCUT2D eigenvalue weighted by atomic mass is 35.5. The zero-order valence-corrected chi connectivity index (χ0v) is 23.6. The molecule has 0 bridgehead atoms. The van der Waals surface area contributed by atoms with Crippen molar-refractivity contribution in [2.45, 2.75) is 83.3 Å². The normalized spacial score (nSPS) is 29.2. The van der Waals surface area contributed by atoms with E-state index in [9.17, 15) is 41.5 Å². The molecule has 10 nitrogen and oxygen atoms in total. The Morgan fingerprint density at radius 2 is 1.77 bits per heavy atom. The van der Waals surface area contributed by atoms with E-state index in [1.54, 1.807) is 5.32 Å². The highest BCUT2D eigenvalue weighted by Gasteiger charge is 2.70. The minimum atomic E-state index is -5.23. The van der Waals surface area contributed by atoms with Crippen LogP contribution in [0.15, 0.2) is 0 Å². The van der Waals surface area contributed by atoms with E-state index in [1.165, 1.54) is 20.8 Å². The van der Waals surface area contributed by atoms with Crippen molar-refractivity contribution in [1.29, 1.82) is 0 Å². The molecule has 4 rings (SSSR count). The second kappa shape index (κ2) is 9.73. The number of rotatable bonds is 6. The largest absolute Gasteiger partial charge is 0.471 e. The average Bonchev–Trinajstić information content (AvgIpc) is 3.53. The van der Waals surface area contributed by atoms with Crippen LogP contribution < -0.4 is 16.1 Å². The summed E-state index contributed by atoms with van der Waals surface area (Å²) in [7, 11) is 0. The number of hydrazine groups is 1. The number of fused-ring (bicyclic) bond motifs is 1. The van der Waals surface area contributed by atoms with E-state index in [0.717, 1.165) is 17.7 Å². The number of nitrogens with zero attached hydrogens (tertiary/aromatic N) is 2. The van der Waals surface area contributed by atoms with Gasteiger partial charge in [0.25, 0.3) is 17.4 Å². The predicted molar refractivity (Wildman–Crippen MR) is 133 cm³/mol. The molecule has 224 valence electrons. The number of amides is 5. The SMILES string of the molecule is CC(C)(C)[C@H](NC(=O)C(F)(F)F)C(=O)N1C[C@H]2[C@@H]([C@H]1C(=O)NN(CC1CC3(CC3)NC1=O)C(=O)C(F)Cl)C2(C)C. The lowest BCUT2D eigenvalue weighted by Crippen LogP contribution is -2.62. The van der Waals surface area contributed by atoms with E-state index < -0.39 is 70.2 Å². The monoisotopic (exact) mass is 595 g/mol. The summed E-state index contributed by atoms with van der Waals surface area (Å²) in [5.74, 6) is -7.00. The number of nitrogens with one attached hydrogen (secondary N) is 3. The van der Waals surface area contributed by atoms with Crippen molar-refractivity contribution in [3.05, 3.63) is 0 Å². The standard InChI is InChI=1S/C25H34ClF4N5O5/c1-22(2,3)15(31-21(40)25(28,29)30)19(38)34-10-12-13(23(12,4)5)14(34)18(37)33-35(20(39)16(26)27)9-11-8-24(6-7-24)32-17(11)36/h11-16H,6-10H2,1-5H3,(H,31,40)(H,32,36)(H,33,37)/t11?,12-,13-,14-,15+,16?/m0/s1. The van der Waals surface area contributed by atoms with Crippen molar-refractivity contribution in [2.75, 3.05) is 13.1 Å². The van der Waals surface area contributed by atoms with Crippen LogP contribution >= 0.6 is 11.6 Å². The molecular formula is C25H34ClF4N5O5. The number of carbonyl (C=O) groups is 5. The quantitative estimate of drug-likeness (QED) is 0.244. The lowest BCUT2D eigenvalue weighted by atomic mass is 9.85. The van der Waals surface area contributed by atoms with Gasteiger partial charge in [0.05, 0.1) is 12.5 Å². The Labute approximate surface area is 233 Å². The third-order valence-corrected chi connectivity index (χ3v) is 8.94. The molecule has 0 radical (unpaired) electrons. The molecule has 2 aliphatic heterocycles. The minimum absolute atomic E-state index is 0.0335. The zero-order chi connectivity index (χ0) is 30.2.